The molecule has 176 valence electrons. The number of piperazine rings is 1. The number of anilines is 1. The number of aromatic nitrogens is 3. The fourth-order valence-electron chi connectivity index (χ4n) is 3.55. The number of aryl methyl sites for hydroxylation is 1. The largest absolute Gasteiger partial charge is 0.451 e. The number of Topliss-reactive ketones (excluding diaryl/α,β-unsaturated/α-hetero) is 1. The number of halogens is 1. The Morgan fingerprint density at radius 2 is 1.82 bits per heavy atom. The number of nitrogens with zero attached hydrogens (tertiary/aromatic N) is 5. The summed E-state index contributed by atoms with van der Waals surface area (Å²) in [6.07, 6.45) is 3.18. The lowest BCUT2D eigenvalue weighted by Gasteiger charge is -2.36. The zero-order valence-corrected chi connectivity index (χ0v) is 19.5. The highest BCUT2D eigenvalue weighted by Gasteiger charge is 2.25. The van der Waals surface area contributed by atoms with Gasteiger partial charge in [-0.15, -0.1) is 11.3 Å². The Hall–Kier alpha value is -3.73. The zero-order valence-electron chi connectivity index (χ0n) is 18.7. The highest BCUT2D eigenvalue weighted by molar-refractivity contribution is 7.16. The SMILES string of the molecule is CC(=O)c1ccc(N2CCN(C(=O)COC(=O)c3sc(-c4ncccn4)nc3C)CC2)c(F)c1. The molecule has 1 saturated heterocycles. The minimum atomic E-state index is -0.628. The van der Waals surface area contributed by atoms with Crippen LogP contribution in [0.5, 0.6) is 0 Å². The van der Waals surface area contributed by atoms with Crippen LogP contribution in [0.4, 0.5) is 10.1 Å². The maximum absolute atomic E-state index is 14.4. The molecule has 4 rings (SSSR count). The number of hydrogen-bond donors (Lipinski definition) is 0. The van der Waals surface area contributed by atoms with Gasteiger partial charge in [-0.05, 0) is 38.1 Å². The summed E-state index contributed by atoms with van der Waals surface area (Å²) in [4.78, 5) is 52.8. The van der Waals surface area contributed by atoms with Crippen LogP contribution in [0.25, 0.3) is 10.8 Å². The van der Waals surface area contributed by atoms with E-state index in [0.717, 1.165) is 11.3 Å². The Balaban J connectivity index is 1.31. The third-order valence-electron chi connectivity index (χ3n) is 5.39. The van der Waals surface area contributed by atoms with Crippen molar-refractivity contribution in [3.05, 3.63) is 58.6 Å². The molecule has 1 aliphatic rings. The molecule has 1 amide bonds. The molecule has 0 bridgehead atoms. The Morgan fingerprint density at radius 1 is 1.12 bits per heavy atom. The maximum atomic E-state index is 14.4. The normalized spacial score (nSPS) is 13.6. The molecule has 34 heavy (non-hydrogen) atoms. The number of carbonyl (C=O) groups is 3. The molecule has 3 heterocycles. The number of rotatable bonds is 6. The Morgan fingerprint density at radius 3 is 2.47 bits per heavy atom. The molecule has 11 heteroatoms. The van der Waals surface area contributed by atoms with Gasteiger partial charge in [-0.3, -0.25) is 9.59 Å². The van der Waals surface area contributed by atoms with Crippen LogP contribution in [0.15, 0.2) is 36.7 Å². The van der Waals surface area contributed by atoms with Gasteiger partial charge in [-0.25, -0.2) is 24.1 Å². The van der Waals surface area contributed by atoms with Crippen LogP contribution in [0.3, 0.4) is 0 Å². The summed E-state index contributed by atoms with van der Waals surface area (Å²) in [6.45, 7) is 4.24. The topological polar surface area (TPSA) is 106 Å². The van der Waals surface area contributed by atoms with E-state index in [1.165, 1.54) is 13.0 Å². The summed E-state index contributed by atoms with van der Waals surface area (Å²) in [7, 11) is 0. The number of ether oxygens (including phenoxy) is 1. The van der Waals surface area contributed by atoms with Crippen LogP contribution in [0, 0.1) is 12.7 Å². The average molecular weight is 484 g/mol. The lowest BCUT2D eigenvalue weighted by molar-refractivity contribution is -0.134. The minimum Gasteiger partial charge on any atom is -0.451 e. The van der Waals surface area contributed by atoms with Crippen molar-refractivity contribution in [2.45, 2.75) is 13.8 Å². The van der Waals surface area contributed by atoms with E-state index in [-0.39, 0.29) is 11.7 Å². The number of amides is 1. The van der Waals surface area contributed by atoms with E-state index in [2.05, 4.69) is 15.0 Å². The summed E-state index contributed by atoms with van der Waals surface area (Å²) in [6, 6.07) is 6.09. The van der Waals surface area contributed by atoms with Gasteiger partial charge in [0, 0.05) is 44.1 Å². The Kier molecular flexibility index (Phi) is 6.92. The maximum Gasteiger partial charge on any atom is 0.350 e. The highest BCUT2D eigenvalue weighted by atomic mass is 32.1. The van der Waals surface area contributed by atoms with Crippen molar-refractivity contribution in [1.82, 2.24) is 19.9 Å². The van der Waals surface area contributed by atoms with Crippen molar-refractivity contribution >= 4 is 34.7 Å². The molecule has 0 N–H and O–H groups in total. The van der Waals surface area contributed by atoms with E-state index in [4.69, 9.17) is 4.74 Å². The predicted molar refractivity (Wildman–Crippen MR) is 123 cm³/mol. The second-order valence-electron chi connectivity index (χ2n) is 7.67. The van der Waals surface area contributed by atoms with E-state index in [9.17, 15) is 18.8 Å². The van der Waals surface area contributed by atoms with E-state index in [1.807, 2.05) is 4.90 Å². The first-order valence-corrected chi connectivity index (χ1v) is 11.4. The summed E-state index contributed by atoms with van der Waals surface area (Å²) >= 11 is 1.11. The van der Waals surface area contributed by atoms with Gasteiger partial charge in [0.15, 0.2) is 23.2 Å². The molecule has 0 saturated carbocycles. The molecular weight excluding hydrogens is 461 g/mol. The first-order valence-electron chi connectivity index (χ1n) is 10.6. The van der Waals surface area contributed by atoms with Gasteiger partial charge in [-0.2, -0.15) is 0 Å². The zero-order chi connectivity index (χ0) is 24.2. The number of hydrogen-bond acceptors (Lipinski definition) is 9. The van der Waals surface area contributed by atoms with Crippen LogP contribution >= 0.6 is 11.3 Å². The van der Waals surface area contributed by atoms with Crippen molar-refractivity contribution in [3.8, 4) is 10.8 Å². The molecule has 0 atom stereocenters. The number of thiazole rings is 1. The van der Waals surface area contributed by atoms with Crippen LogP contribution in [0.2, 0.25) is 0 Å². The lowest BCUT2D eigenvalue weighted by Crippen LogP contribution is -2.50. The highest BCUT2D eigenvalue weighted by Crippen LogP contribution is 2.26. The van der Waals surface area contributed by atoms with Crippen LogP contribution < -0.4 is 4.90 Å². The summed E-state index contributed by atoms with van der Waals surface area (Å²) < 4.78 is 19.7. The quantitative estimate of drug-likeness (QED) is 0.389. The molecule has 1 fully saturated rings. The van der Waals surface area contributed by atoms with Crippen molar-refractivity contribution in [3.63, 3.8) is 0 Å². The predicted octanol–water partition coefficient (Wildman–Crippen LogP) is 2.76. The van der Waals surface area contributed by atoms with Gasteiger partial charge in [0.05, 0.1) is 11.4 Å². The number of carbonyl (C=O) groups excluding carboxylic acids is 3. The van der Waals surface area contributed by atoms with Gasteiger partial charge < -0.3 is 14.5 Å². The van der Waals surface area contributed by atoms with Crippen molar-refractivity contribution < 1.29 is 23.5 Å². The number of esters is 1. The lowest BCUT2D eigenvalue weighted by atomic mass is 10.1. The summed E-state index contributed by atoms with van der Waals surface area (Å²) in [5.41, 5.74) is 1.19. The van der Waals surface area contributed by atoms with E-state index < -0.39 is 18.4 Å². The van der Waals surface area contributed by atoms with Gasteiger partial charge >= 0.3 is 5.97 Å². The second kappa shape index (κ2) is 10.0. The minimum absolute atomic E-state index is 0.200. The van der Waals surface area contributed by atoms with Gasteiger partial charge in [0.2, 0.25) is 0 Å². The second-order valence-corrected chi connectivity index (χ2v) is 8.67. The van der Waals surface area contributed by atoms with Crippen LogP contribution in [-0.4, -0.2) is 70.3 Å². The van der Waals surface area contributed by atoms with Gasteiger partial charge in [0.1, 0.15) is 10.7 Å². The van der Waals surface area contributed by atoms with Crippen molar-refractivity contribution in [2.24, 2.45) is 0 Å². The molecule has 2 aromatic heterocycles. The smallest absolute Gasteiger partial charge is 0.350 e. The number of benzene rings is 1. The molecular formula is C23H22FN5O4S. The number of ketones is 1. The molecule has 1 aliphatic heterocycles. The summed E-state index contributed by atoms with van der Waals surface area (Å²) in [5.74, 6) is -1.21. The summed E-state index contributed by atoms with van der Waals surface area (Å²) in [5, 5.41) is 0.496. The van der Waals surface area contributed by atoms with Crippen LogP contribution in [0.1, 0.15) is 32.6 Å². The molecule has 3 aromatic rings. The van der Waals surface area contributed by atoms with Gasteiger partial charge in [-0.1, -0.05) is 0 Å². The van der Waals surface area contributed by atoms with E-state index in [1.54, 1.807) is 42.4 Å². The van der Waals surface area contributed by atoms with Crippen LogP contribution in [-0.2, 0) is 9.53 Å². The molecule has 1 aromatic carbocycles. The third-order valence-corrected chi connectivity index (χ3v) is 6.53. The van der Waals surface area contributed by atoms with E-state index >= 15 is 0 Å². The average Bonchev–Trinajstić information content (AvgIpc) is 3.24. The molecule has 9 nitrogen and oxygen atoms in total. The molecule has 0 radical (unpaired) electrons. The standard InChI is InChI=1S/C23H22FN5O4S/c1-14-20(34-22(27-14)21-25-6-3-7-26-21)23(32)33-13-19(31)29-10-8-28(9-11-29)18-5-4-16(15(2)30)12-17(18)24/h3-7,12H,8-11,13H2,1-2H3. The first-order chi connectivity index (χ1) is 16.3. The fourth-order valence-corrected chi connectivity index (χ4v) is 4.46. The molecule has 0 spiro atoms. The van der Waals surface area contributed by atoms with Gasteiger partial charge in [0.25, 0.3) is 5.91 Å². The monoisotopic (exact) mass is 483 g/mol. The van der Waals surface area contributed by atoms with Crippen molar-refractivity contribution in [1.29, 1.82) is 0 Å². The first kappa shape index (κ1) is 23.4. The third kappa shape index (κ3) is 5.09. The molecule has 0 unspecified atom stereocenters. The fraction of sp³-hybridized carbons (Fsp3) is 0.304. The molecule has 0 aliphatic carbocycles. The Labute approximate surface area is 199 Å². The Bertz CT molecular complexity index is 1230. The van der Waals surface area contributed by atoms with E-state index in [0.29, 0.717) is 58.8 Å². The van der Waals surface area contributed by atoms with Crippen molar-refractivity contribution in [2.75, 3.05) is 37.7 Å².